The van der Waals surface area contributed by atoms with Crippen LogP contribution in [0.5, 0.6) is 5.75 Å². The summed E-state index contributed by atoms with van der Waals surface area (Å²) >= 11 is 1.29. The maximum Gasteiger partial charge on any atom is 1.00 e. The first kappa shape index (κ1) is 28.8. The largest absolute Gasteiger partial charge is 1.00 e. The Morgan fingerprint density at radius 2 is 1.92 bits per heavy atom. The summed E-state index contributed by atoms with van der Waals surface area (Å²) in [6, 6.07) is 25.6. The summed E-state index contributed by atoms with van der Waals surface area (Å²) in [7, 11) is 0. The quantitative estimate of drug-likeness (QED) is 0.212. The smallest absolute Gasteiger partial charge is 0.487 e. The van der Waals surface area contributed by atoms with Crippen LogP contribution in [0.3, 0.4) is 0 Å². The summed E-state index contributed by atoms with van der Waals surface area (Å²) in [5.74, 6) is -0.434. The van der Waals surface area contributed by atoms with Gasteiger partial charge in [-0.25, -0.2) is 0 Å². The molecule has 2 heterocycles. The number of aliphatic carboxylic acids is 1. The molecule has 10 nitrogen and oxygen atoms in total. The minimum absolute atomic E-state index is 0. The zero-order valence-corrected chi connectivity index (χ0v) is 23.4. The van der Waals surface area contributed by atoms with E-state index in [1.807, 2.05) is 60.7 Å². The maximum atomic E-state index is 12.5. The van der Waals surface area contributed by atoms with Crippen LogP contribution in [0.2, 0.25) is 0 Å². The molecule has 0 unspecified atom stereocenters. The van der Waals surface area contributed by atoms with Crippen molar-refractivity contribution < 1.29 is 49.0 Å². The molecule has 186 valence electrons. The van der Waals surface area contributed by atoms with Crippen LogP contribution in [-0.4, -0.2) is 42.4 Å². The molecule has 0 atom stereocenters. The molecule has 12 heteroatoms. The van der Waals surface area contributed by atoms with E-state index in [0.717, 1.165) is 23.7 Å². The second kappa shape index (κ2) is 14.2. The molecule has 1 saturated heterocycles. The Bertz CT molecular complexity index is 1430. The van der Waals surface area contributed by atoms with Crippen molar-refractivity contribution in [3.8, 4) is 11.4 Å². The van der Waals surface area contributed by atoms with Gasteiger partial charge in [0.05, 0.1) is 4.91 Å². The van der Waals surface area contributed by atoms with E-state index >= 15 is 0 Å². The Morgan fingerprint density at radius 1 is 1.18 bits per heavy atom. The number of amidine groups is 1. The number of amides is 1. The molecule has 0 saturated carbocycles. The van der Waals surface area contributed by atoms with E-state index in [1.54, 1.807) is 18.2 Å². The Kier molecular flexibility index (Phi) is 10.8. The van der Waals surface area contributed by atoms with Crippen molar-refractivity contribution in [3.63, 3.8) is 0 Å². The van der Waals surface area contributed by atoms with E-state index in [1.165, 1.54) is 22.8 Å². The van der Waals surface area contributed by atoms with Crippen molar-refractivity contribution in [3.05, 3.63) is 101 Å². The fourth-order valence-electron chi connectivity index (χ4n) is 3.13. The van der Waals surface area contributed by atoms with Gasteiger partial charge < -0.3 is 15.2 Å². The van der Waals surface area contributed by atoms with Crippen LogP contribution in [0.15, 0.2) is 89.0 Å². The second-order valence-electron chi connectivity index (χ2n) is 7.51. The summed E-state index contributed by atoms with van der Waals surface area (Å²) in [5, 5.41) is 22.1. The molecule has 1 aliphatic heterocycles. The number of nitrogens with zero attached hydrogens (tertiary/aromatic N) is 5. The number of carbonyl (C=O) groups excluding carboxylic acids is 1. The molecule has 1 amide bonds. The molecule has 0 aliphatic carbocycles. The molecular formula is C26H21N6NaO4S. The number of hydrogen-bond donors (Lipinski definition) is 2. The third kappa shape index (κ3) is 8.38. The molecule has 0 radical (unpaired) electrons. The van der Waals surface area contributed by atoms with Crippen molar-refractivity contribution in [2.75, 3.05) is 0 Å². The minimum Gasteiger partial charge on any atom is -0.487 e. The van der Waals surface area contributed by atoms with E-state index in [0.29, 0.717) is 28.1 Å². The summed E-state index contributed by atoms with van der Waals surface area (Å²) in [4.78, 5) is 26.5. The van der Waals surface area contributed by atoms with Crippen LogP contribution >= 0.6 is 11.8 Å². The van der Waals surface area contributed by atoms with E-state index in [-0.39, 0.29) is 35.5 Å². The standard InChI is InChI=1S/C24H17N6O2S.C2H4O2.Na/c31-23-22(33-24(27-23)26-19-9-5-2-6-10-19)14-18-11-12-20(30-16-25-28-29-30)21(13-18)32-15-17-7-3-1-4-8-17;1-2(3)4;/h1,3-14,16H,15H2,(H,26,27,31);1H3,(H,3,4);/q-1;;+1. The van der Waals surface area contributed by atoms with Crippen LogP contribution in [0.1, 0.15) is 18.1 Å². The van der Waals surface area contributed by atoms with Gasteiger partial charge in [0, 0.05) is 6.92 Å². The van der Waals surface area contributed by atoms with Gasteiger partial charge in [0.15, 0.2) is 5.17 Å². The molecule has 1 aliphatic rings. The fraction of sp³-hybridized carbons (Fsp3) is 0.0769. The average Bonchev–Trinajstić information content (AvgIpc) is 3.54. The van der Waals surface area contributed by atoms with Crippen LogP contribution in [0, 0.1) is 6.07 Å². The Hall–Kier alpha value is -3.77. The van der Waals surface area contributed by atoms with Crippen molar-refractivity contribution in [1.82, 2.24) is 25.5 Å². The first-order chi connectivity index (χ1) is 18.0. The first-order valence-corrected chi connectivity index (χ1v) is 11.8. The predicted octanol–water partition coefficient (Wildman–Crippen LogP) is 1.03. The average molecular weight is 537 g/mol. The van der Waals surface area contributed by atoms with Crippen molar-refractivity contribution in [2.45, 2.75) is 13.5 Å². The molecule has 4 aromatic rings. The molecule has 5 rings (SSSR count). The molecule has 1 fully saturated rings. The second-order valence-corrected chi connectivity index (χ2v) is 8.55. The Labute approximate surface area is 245 Å². The first-order valence-electron chi connectivity index (χ1n) is 11.0. The third-order valence-electron chi connectivity index (χ3n) is 4.70. The van der Waals surface area contributed by atoms with Crippen LogP contribution in [0.4, 0.5) is 5.69 Å². The van der Waals surface area contributed by atoms with E-state index in [9.17, 15) is 4.79 Å². The Balaban J connectivity index is 0.000000749. The van der Waals surface area contributed by atoms with Gasteiger partial charge in [0.2, 0.25) is 0 Å². The number of nitrogens with one attached hydrogen (secondary N) is 1. The molecule has 1 aromatic heterocycles. The molecule has 3 aromatic carbocycles. The topological polar surface area (TPSA) is 132 Å². The summed E-state index contributed by atoms with van der Waals surface area (Å²) in [6.07, 6.45) is 3.31. The zero-order chi connectivity index (χ0) is 26.0. The molecular weight excluding hydrogens is 515 g/mol. The third-order valence-corrected chi connectivity index (χ3v) is 5.61. The van der Waals surface area contributed by atoms with Gasteiger partial charge in [-0.2, -0.15) is 22.9 Å². The molecule has 2 N–H and O–H groups in total. The van der Waals surface area contributed by atoms with Gasteiger partial charge in [0.1, 0.15) is 24.4 Å². The van der Waals surface area contributed by atoms with Crippen molar-refractivity contribution in [2.24, 2.45) is 4.99 Å². The minimum atomic E-state index is -0.833. The summed E-state index contributed by atoms with van der Waals surface area (Å²) in [6.45, 7) is 1.47. The van der Waals surface area contributed by atoms with E-state index in [4.69, 9.17) is 14.6 Å². The Morgan fingerprint density at radius 3 is 2.61 bits per heavy atom. The van der Waals surface area contributed by atoms with Crippen LogP contribution in [0.25, 0.3) is 11.8 Å². The van der Waals surface area contributed by atoms with Gasteiger partial charge in [-0.05, 0) is 57.2 Å². The van der Waals surface area contributed by atoms with Gasteiger partial charge in [0.25, 0.3) is 11.9 Å². The number of aliphatic imine (C=N–C) groups is 1. The van der Waals surface area contributed by atoms with Crippen LogP contribution in [-0.2, 0) is 16.2 Å². The summed E-state index contributed by atoms with van der Waals surface area (Å²) < 4.78 is 7.64. The van der Waals surface area contributed by atoms with Crippen LogP contribution < -0.4 is 39.6 Å². The molecule has 0 bridgehead atoms. The normalized spacial score (nSPS) is 14.3. The molecule has 0 spiro atoms. The maximum absolute atomic E-state index is 12.5. The molecule has 38 heavy (non-hydrogen) atoms. The van der Waals surface area contributed by atoms with Crippen molar-refractivity contribution >= 4 is 40.6 Å². The number of aromatic nitrogens is 4. The number of hydrogen-bond acceptors (Lipinski definition) is 8. The fourth-order valence-corrected chi connectivity index (χ4v) is 3.98. The monoisotopic (exact) mass is 536 g/mol. The summed E-state index contributed by atoms with van der Waals surface area (Å²) in [5.41, 5.74) is 3.29. The number of rotatable bonds is 6. The number of tetrazole rings is 1. The van der Waals surface area contributed by atoms with Gasteiger partial charge in [-0.3, -0.25) is 14.6 Å². The van der Waals surface area contributed by atoms with E-state index < -0.39 is 5.97 Å². The van der Waals surface area contributed by atoms with Gasteiger partial charge in [-0.1, -0.05) is 36.4 Å². The number of carbonyl (C=O) groups is 2. The zero-order valence-electron chi connectivity index (χ0n) is 20.6. The predicted molar refractivity (Wildman–Crippen MR) is 139 cm³/mol. The van der Waals surface area contributed by atoms with E-state index in [2.05, 4.69) is 31.9 Å². The SMILES string of the molecule is CC(=O)O.O=C1NC(=Nc2cc[c-]cc2)SC1=Cc1ccc(-n2cnnn2)c(OCc2ccccc2)c1.[Na+]. The van der Waals surface area contributed by atoms with Gasteiger partial charge >= 0.3 is 29.6 Å². The number of benzene rings is 3. The van der Waals surface area contributed by atoms with Gasteiger partial charge in [-0.15, -0.1) is 17.2 Å². The number of thioether (sulfide) groups is 1. The number of carboxylic acid groups (broad SMARTS) is 1. The number of ether oxygens (including phenoxy) is 1. The number of carboxylic acids is 1. The van der Waals surface area contributed by atoms with Crippen molar-refractivity contribution in [1.29, 1.82) is 0 Å².